The van der Waals surface area contributed by atoms with Crippen molar-refractivity contribution in [2.45, 2.75) is 19.9 Å². The summed E-state index contributed by atoms with van der Waals surface area (Å²) in [5, 5.41) is 12.2. The summed E-state index contributed by atoms with van der Waals surface area (Å²) in [6.45, 7) is 5.52. The van der Waals surface area contributed by atoms with Gasteiger partial charge in [-0.25, -0.2) is 4.39 Å². The molecule has 1 amide bonds. The predicted molar refractivity (Wildman–Crippen MR) is 127 cm³/mol. The molecule has 1 aliphatic carbocycles. The fourth-order valence-electron chi connectivity index (χ4n) is 5.00. The molecule has 0 radical (unpaired) electrons. The lowest BCUT2D eigenvalue weighted by atomic mass is 9.90. The molecule has 3 atom stereocenters. The van der Waals surface area contributed by atoms with E-state index in [1.54, 1.807) is 12.1 Å². The van der Waals surface area contributed by atoms with Crippen molar-refractivity contribution in [2.24, 2.45) is 17.3 Å². The molecule has 1 aliphatic heterocycles. The van der Waals surface area contributed by atoms with Crippen LogP contribution in [0, 0.1) is 23.1 Å². The van der Waals surface area contributed by atoms with Crippen molar-refractivity contribution >= 4 is 35.1 Å². The number of hydrogen-bond acceptors (Lipinski definition) is 6. The molecule has 7 nitrogen and oxygen atoms in total. The SMILES string of the molecule is CC(C)[C@]12CN(c3nnc(-c4ccc(Cl)cc4)o3)C[C@H]1[C@@H]2NC(=O)COc1ccc(Cl)c(F)c1. The molecule has 2 fully saturated rings. The van der Waals surface area contributed by atoms with Gasteiger partial charge in [-0.2, -0.15) is 0 Å². The first-order chi connectivity index (χ1) is 16.3. The van der Waals surface area contributed by atoms with E-state index in [-0.39, 0.29) is 40.7 Å². The Kier molecular flexibility index (Phi) is 5.90. The van der Waals surface area contributed by atoms with Crippen LogP contribution in [0.1, 0.15) is 13.8 Å². The molecule has 1 aromatic heterocycles. The summed E-state index contributed by atoms with van der Waals surface area (Å²) in [7, 11) is 0. The topological polar surface area (TPSA) is 80.5 Å². The zero-order valence-electron chi connectivity index (χ0n) is 18.6. The Morgan fingerprint density at radius 1 is 1.26 bits per heavy atom. The Morgan fingerprint density at radius 3 is 2.71 bits per heavy atom. The van der Waals surface area contributed by atoms with Crippen molar-refractivity contribution in [1.29, 1.82) is 0 Å². The van der Waals surface area contributed by atoms with Crippen LogP contribution in [-0.4, -0.2) is 41.8 Å². The van der Waals surface area contributed by atoms with E-state index < -0.39 is 5.82 Å². The van der Waals surface area contributed by atoms with E-state index in [9.17, 15) is 9.18 Å². The van der Waals surface area contributed by atoms with Gasteiger partial charge in [-0.05, 0) is 42.3 Å². The van der Waals surface area contributed by atoms with Gasteiger partial charge in [0.1, 0.15) is 11.6 Å². The number of benzene rings is 2. The molecule has 0 unspecified atom stereocenters. The van der Waals surface area contributed by atoms with Gasteiger partial charge >= 0.3 is 6.01 Å². The number of piperidine rings is 1. The van der Waals surface area contributed by atoms with Crippen LogP contribution in [0.15, 0.2) is 46.9 Å². The van der Waals surface area contributed by atoms with Gasteiger partial charge in [-0.15, -0.1) is 5.10 Å². The summed E-state index contributed by atoms with van der Waals surface area (Å²) in [5.74, 6) is 0.449. The van der Waals surface area contributed by atoms with E-state index in [0.717, 1.165) is 11.6 Å². The van der Waals surface area contributed by atoms with Crippen LogP contribution in [-0.2, 0) is 4.79 Å². The van der Waals surface area contributed by atoms with E-state index >= 15 is 0 Å². The number of hydrogen-bond donors (Lipinski definition) is 1. The van der Waals surface area contributed by atoms with Crippen LogP contribution in [0.5, 0.6) is 5.75 Å². The maximum Gasteiger partial charge on any atom is 0.318 e. The molecule has 2 aromatic carbocycles. The van der Waals surface area contributed by atoms with Gasteiger partial charge in [0.05, 0.1) is 5.02 Å². The monoisotopic (exact) mass is 504 g/mol. The number of carbonyl (C=O) groups is 1. The summed E-state index contributed by atoms with van der Waals surface area (Å²) in [4.78, 5) is 14.6. The van der Waals surface area contributed by atoms with Gasteiger partial charge in [-0.1, -0.05) is 42.1 Å². The zero-order chi connectivity index (χ0) is 24.0. The highest BCUT2D eigenvalue weighted by Gasteiger charge is 2.71. The van der Waals surface area contributed by atoms with Gasteiger partial charge in [0, 0.05) is 47.1 Å². The second-order valence-corrected chi connectivity index (χ2v) is 9.90. The summed E-state index contributed by atoms with van der Waals surface area (Å²) in [6, 6.07) is 11.8. The highest BCUT2D eigenvalue weighted by Crippen LogP contribution is 2.62. The maximum absolute atomic E-state index is 13.6. The second kappa shape index (κ2) is 8.74. The first-order valence-electron chi connectivity index (χ1n) is 11.0. The zero-order valence-corrected chi connectivity index (χ0v) is 20.1. The Hall–Kier alpha value is -2.84. The molecule has 5 rings (SSSR count). The minimum absolute atomic E-state index is 0.00701. The number of ether oxygens (including phenoxy) is 1. The quantitative estimate of drug-likeness (QED) is 0.495. The third kappa shape index (κ3) is 4.09. The van der Waals surface area contributed by atoms with Crippen LogP contribution < -0.4 is 15.0 Å². The smallest absolute Gasteiger partial charge is 0.318 e. The lowest BCUT2D eigenvalue weighted by molar-refractivity contribution is -0.123. The van der Waals surface area contributed by atoms with Crippen molar-refractivity contribution in [3.63, 3.8) is 0 Å². The lowest BCUT2D eigenvalue weighted by Crippen LogP contribution is -2.41. The number of amides is 1. The molecule has 0 spiro atoms. The molecule has 34 heavy (non-hydrogen) atoms. The van der Waals surface area contributed by atoms with Crippen LogP contribution in [0.3, 0.4) is 0 Å². The third-order valence-corrected chi connectivity index (χ3v) is 7.43. The highest BCUT2D eigenvalue weighted by atomic mass is 35.5. The molecule has 3 aromatic rings. The minimum Gasteiger partial charge on any atom is -0.484 e. The van der Waals surface area contributed by atoms with Crippen molar-refractivity contribution in [2.75, 3.05) is 24.6 Å². The fourth-order valence-corrected chi connectivity index (χ4v) is 5.24. The van der Waals surface area contributed by atoms with Crippen molar-refractivity contribution < 1.29 is 18.3 Å². The Balaban J connectivity index is 1.21. The van der Waals surface area contributed by atoms with Crippen molar-refractivity contribution in [3.8, 4) is 17.2 Å². The highest BCUT2D eigenvalue weighted by molar-refractivity contribution is 6.31. The Labute approximate surface area is 206 Å². The molecule has 10 heteroatoms. The Morgan fingerprint density at radius 2 is 2.03 bits per heavy atom. The standard InChI is InChI=1S/C24H23Cl2FN4O3/c1-13(2)24-12-31(23-30-29-22(34-23)14-3-5-15(25)6-4-14)10-17(24)21(24)28-20(32)11-33-16-7-8-18(26)19(27)9-16/h3-9,13,17,21H,10-12H2,1-2H3,(H,28,32)/t17-,21-,24+/m0/s1. The van der Waals surface area contributed by atoms with Crippen molar-refractivity contribution in [1.82, 2.24) is 15.5 Å². The van der Waals surface area contributed by atoms with E-state index in [1.807, 2.05) is 12.1 Å². The van der Waals surface area contributed by atoms with Gasteiger partial charge < -0.3 is 19.4 Å². The summed E-state index contributed by atoms with van der Waals surface area (Å²) < 4.78 is 24.9. The van der Waals surface area contributed by atoms with E-state index in [2.05, 4.69) is 34.3 Å². The number of carbonyl (C=O) groups excluding carboxylic acids is 1. The molecular weight excluding hydrogens is 482 g/mol. The number of rotatable bonds is 7. The van der Waals surface area contributed by atoms with Crippen LogP contribution in [0.25, 0.3) is 11.5 Å². The second-order valence-electron chi connectivity index (χ2n) is 9.06. The predicted octanol–water partition coefficient (Wildman–Crippen LogP) is 4.84. The maximum atomic E-state index is 13.6. The average molecular weight is 505 g/mol. The number of aromatic nitrogens is 2. The Bertz CT molecular complexity index is 1220. The van der Waals surface area contributed by atoms with Crippen LogP contribution in [0.2, 0.25) is 10.0 Å². The normalized spacial score (nSPS) is 23.2. The van der Waals surface area contributed by atoms with Crippen LogP contribution >= 0.6 is 23.2 Å². The molecular formula is C24H23Cl2FN4O3. The first kappa shape index (κ1) is 22.9. The lowest BCUT2D eigenvalue weighted by Gasteiger charge is -2.25. The fraction of sp³-hybridized carbons (Fsp3) is 0.375. The summed E-state index contributed by atoms with van der Waals surface area (Å²) >= 11 is 11.6. The number of halogens is 3. The van der Waals surface area contributed by atoms with E-state index in [4.69, 9.17) is 32.4 Å². The number of nitrogens with one attached hydrogen (secondary N) is 1. The molecule has 1 saturated carbocycles. The number of fused-ring (bicyclic) bond motifs is 1. The molecule has 0 bridgehead atoms. The third-order valence-electron chi connectivity index (χ3n) is 6.87. The molecule has 2 aliphatic rings. The van der Waals surface area contributed by atoms with Crippen LogP contribution in [0.4, 0.5) is 10.4 Å². The summed E-state index contributed by atoms with van der Waals surface area (Å²) in [5.41, 5.74) is 0.716. The number of anilines is 1. The largest absolute Gasteiger partial charge is 0.484 e. The van der Waals surface area contributed by atoms with E-state index in [1.165, 1.54) is 12.1 Å². The first-order valence-corrected chi connectivity index (χ1v) is 11.7. The van der Waals surface area contributed by atoms with Gasteiger partial charge in [0.15, 0.2) is 6.61 Å². The van der Waals surface area contributed by atoms with Gasteiger partial charge in [0.25, 0.3) is 5.91 Å². The summed E-state index contributed by atoms with van der Waals surface area (Å²) in [6.07, 6.45) is 0. The van der Waals surface area contributed by atoms with Gasteiger partial charge in [0.2, 0.25) is 5.89 Å². The number of nitrogens with zero attached hydrogens (tertiary/aromatic N) is 3. The van der Waals surface area contributed by atoms with Crippen molar-refractivity contribution in [3.05, 3.63) is 58.3 Å². The molecule has 178 valence electrons. The molecule has 2 heterocycles. The molecule has 1 saturated heterocycles. The average Bonchev–Trinajstić information content (AvgIpc) is 3.18. The van der Waals surface area contributed by atoms with E-state index in [0.29, 0.717) is 35.9 Å². The van der Waals surface area contributed by atoms with Gasteiger partial charge in [-0.3, -0.25) is 4.79 Å². The molecule has 1 N–H and O–H groups in total. The minimum atomic E-state index is -0.588.